The van der Waals surface area contributed by atoms with E-state index in [1.165, 1.54) is 6.34 Å². The quantitative estimate of drug-likeness (QED) is 0.522. The predicted molar refractivity (Wildman–Crippen MR) is 57.2 cm³/mol. The molecule has 7 nitrogen and oxygen atoms in total. The van der Waals surface area contributed by atoms with Crippen molar-refractivity contribution in [2.45, 2.75) is 0 Å². The van der Waals surface area contributed by atoms with Crippen molar-refractivity contribution < 1.29 is 0 Å². The molecule has 0 amide bonds. The van der Waals surface area contributed by atoms with Crippen molar-refractivity contribution in [2.24, 2.45) is 12.0 Å². The van der Waals surface area contributed by atoms with Crippen molar-refractivity contribution in [3.8, 4) is 0 Å². The monoisotopic (exact) mass is 206 g/mol. The molecule has 0 spiro atoms. The number of hydrogen-bond donors (Lipinski definition) is 2. The van der Waals surface area contributed by atoms with E-state index in [1.54, 1.807) is 25.0 Å². The number of nitrogens with zero attached hydrogens (tertiary/aromatic N) is 4. The number of imidazole rings is 1. The fourth-order valence-electron chi connectivity index (χ4n) is 1.21. The van der Waals surface area contributed by atoms with Crippen LogP contribution >= 0.6 is 0 Å². The SMILES string of the molecule is CN=CNc1nc2c(ncn2C)c(=O)[nH]1. The highest BCUT2D eigenvalue weighted by atomic mass is 16.1. The minimum absolute atomic E-state index is 0.271. The van der Waals surface area contributed by atoms with Crippen LogP contribution in [0.2, 0.25) is 0 Å². The van der Waals surface area contributed by atoms with E-state index in [1.807, 2.05) is 0 Å². The summed E-state index contributed by atoms with van der Waals surface area (Å²) in [5, 5.41) is 2.74. The Morgan fingerprint density at radius 1 is 1.67 bits per heavy atom. The van der Waals surface area contributed by atoms with Gasteiger partial charge < -0.3 is 9.88 Å². The molecule has 78 valence electrons. The van der Waals surface area contributed by atoms with Gasteiger partial charge in [0.2, 0.25) is 5.95 Å². The molecule has 0 aliphatic rings. The van der Waals surface area contributed by atoms with Gasteiger partial charge in [0.05, 0.1) is 12.7 Å². The first-order valence-electron chi connectivity index (χ1n) is 4.31. The number of nitrogens with one attached hydrogen (secondary N) is 2. The van der Waals surface area contributed by atoms with Gasteiger partial charge in [0.1, 0.15) is 0 Å². The number of aryl methyl sites for hydroxylation is 1. The molecule has 0 aromatic carbocycles. The van der Waals surface area contributed by atoms with Crippen LogP contribution in [-0.2, 0) is 7.05 Å². The molecule has 2 aromatic rings. The summed E-state index contributed by atoms with van der Waals surface area (Å²) in [6.45, 7) is 0. The Morgan fingerprint density at radius 3 is 3.20 bits per heavy atom. The lowest BCUT2D eigenvalue weighted by molar-refractivity contribution is 0.929. The largest absolute Gasteiger partial charge is 0.318 e. The maximum absolute atomic E-state index is 11.5. The Hall–Kier alpha value is -2.18. The van der Waals surface area contributed by atoms with Crippen molar-refractivity contribution in [1.29, 1.82) is 0 Å². The van der Waals surface area contributed by atoms with Gasteiger partial charge in [-0.15, -0.1) is 0 Å². The minimum Gasteiger partial charge on any atom is -0.318 e. The Kier molecular flexibility index (Phi) is 2.20. The first-order valence-corrected chi connectivity index (χ1v) is 4.31. The van der Waals surface area contributed by atoms with Gasteiger partial charge in [-0.25, -0.2) is 4.98 Å². The van der Waals surface area contributed by atoms with E-state index in [0.717, 1.165) is 0 Å². The summed E-state index contributed by atoms with van der Waals surface area (Å²) in [4.78, 5) is 25.9. The van der Waals surface area contributed by atoms with Gasteiger partial charge in [0, 0.05) is 14.1 Å². The van der Waals surface area contributed by atoms with Crippen LogP contribution in [0.1, 0.15) is 0 Å². The number of aromatic amines is 1. The number of fused-ring (bicyclic) bond motifs is 1. The van der Waals surface area contributed by atoms with Gasteiger partial charge in [-0.05, 0) is 0 Å². The molecule has 2 N–H and O–H groups in total. The smallest absolute Gasteiger partial charge is 0.280 e. The Bertz CT molecular complexity index is 566. The van der Waals surface area contributed by atoms with Crippen LogP contribution in [0.25, 0.3) is 11.2 Å². The van der Waals surface area contributed by atoms with Crippen molar-refractivity contribution in [3.05, 3.63) is 16.7 Å². The lowest BCUT2D eigenvalue weighted by Gasteiger charge is -1.99. The van der Waals surface area contributed by atoms with E-state index in [-0.39, 0.29) is 5.56 Å². The third kappa shape index (κ3) is 1.58. The number of hydrogen-bond acceptors (Lipinski definition) is 4. The molecule has 0 aliphatic carbocycles. The highest BCUT2D eigenvalue weighted by Gasteiger charge is 2.06. The van der Waals surface area contributed by atoms with Crippen molar-refractivity contribution >= 4 is 23.5 Å². The Labute approximate surface area is 84.9 Å². The van der Waals surface area contributed by atoms with Crippen LogP contribution in [0.4, 0.5) is 5.95 Å². The zero-order valence-corrected chi connectivity index (χ0v) is 8.35. The van der Waals surface area contributed by atoms with Crippen LogP contribution in [0.5, 0.6) is 0 Å². The standard InChI is InChI=1S/C8H10N6O/c1-9-3-10-8-12-6-5(7(15)13-8)11-4-14(6)2/h3-4H,1-2H3,(H2,9,10,12,13,15). The first-order chi connectivity index (χ1) is 7.22. The molecule has 0 unspecified atom stereocenters. The van der Waals surface area contributed by atoms with Gasteiger partial charge in [0.15, 0.2) is 11.2 Å². The molecule has 0 saturated heterocycles. The second-order valence-electron chi connectivity index (χ2n) is 2.97. The first kappa shape index (κ1) is 9.38. The fraction of sp³-hybridized carbons (Fsp3) is 0.250. The van der Waals surface area contributed by atoms with E-state index in [0.29, 0.717) is 17.1 Å². The maximum atomic E-state index is 11.5. The van der Waals surface area contributed by atoms with Crippen LogP contribution < -0.4 is 10.9 Å². The second-order valence-corrected chi connectivity index (χ2v) is 2.97. The Balaban J connectivity index is 2.60. The number of aromatic nitrogens is 4. The number of H-pyrrole nitrogens is 1. The zero-order valence-electron chi connectivity index (χ0n) is 8.35. The number of anilines is 1. The summed E-state index contributed by atoms with van der Waals surface area (Å²) < 4.78 is 1.68. The number of aliphatic imine (C=N–C) groups is 1. The molecule has 0 atom stereocenters. The van der Waals surface area contributed by atoms with Crippen LogP contribution in [-0.4, -0.2) is 32.9 Å². The molecule has 0 aliphatic heterocycles. The van der Waals surface area contributed by atoms with Crippen molar-refractivity contribution in [1.82, 2.24) is 19.5 Å². The Morgan fingerprint density at radius 2 is 2.47 bits per heavy atom. The average Bonchev–Trinajstić information content (AvgIpc) is 2.58. The van der Waals surface area contributed by atoms with Gasteiger partial charge in [-0.3, -0.25) is 14.8 Å². The third-order valence-corrected chi connectivity index (χ3v) is 1.90. The normalized spacial score (nSPS) is 11.3. The molecule has 2 aromatic heterocycles. The van der Waals surface area contributed by atoms with E-state index in [4.69, 9.17) is 0 Å². The lowest BCUT2D eigenvalue weighted by atomic mass is 10.5. The van der Waals surface area contributed by atoms with Gasteiger partial charge in [-0.2, -0.15) is 4.98 Å². The van der Waals surface area contributed by atoms with Crippen LogP contribution in [0, 0.1) is 0 Å². The van der Waals surface area contributed by atoms with Crippen LogP contribution in [0.15, 0.2) is 16.1 Å². The summed E-state index contributed by atoms with van der Waals surface area (Å²) in [5.74, 6) is 0.349. The third-order valence-electron chi connectivity index (χ3n) is 1.90. The highest BCUT2D eigenvalue weighted by molar-refractivity contribution is 5.76. The fourth-order valence-corrected chi connectivity index (χ4v) is 1.21. The minimum atomic E-state index is -0.271. The van der Waals surface area contributed by atoms with Crippen molar-refractivity contribution in [3.63, 3.8) is 0 Å². The summed E-state index contributed by atoms with van der Waals surface area (Å²) in [6.07, 6.45) is 2.99. The van der Waals surface area contributed by atoms with E-state index < -0.39 is 0 Å². The molecule has 2 heterocycles. The predicted octanol–water partition coefficient (Wildman–Crippen LogP) is -0.273. The maximum Gasteiger partial charge on any atom is 0.280 e. The average molecular weight is 206 g/mol. The van der Waals surface area contributed by atoms with Gasteiger partial charge >= 0.3 is 0 Å². The molecule has 15 heavy (non-hydrogen) atoms. The van der Waals surface area contributed by atoms with Crippen LogP contribution in [0.3, 0.4) is 0 Å². The molecule has 0 saturated carbocycles. The molecule has 0 radical (unpaired) electrons. The molecular formula is C8H10N6O. The molecule has 2 rings (SSSR count). The van der Waals surface area contributed by atoms with Gasteiger partial charge in [-0.1, -0.05) is 0 Å². The lowest BCUT2D eigenvalue weighted by Crippen LogP contribution is -2.13. The second kappa shape index (κ2) is 3.52. The summed E-state index contributed by atoms with van der Waals surface area (Å²) >= 11 is 0. The molecule has 0 fully saturated rings. The van der Waals surface area contributed by atoms with E-state index in [9.17, 15) is 4.79 Å². The summed E-state index contributed by atoms with van der Waals surface area (Å²) in [6, 6.07) is 0. The summed E-state index contributed by atoms with van der Waals surface area (Å²) in [5.41, 5.74) is 0.592. The zero-order chi connectivity index (χ0) is 10.8. The topological polar surface area (TPSA) is 88.0 Å². The molecular weight excluding hydrogens is 196 g/mol. The van der Waals surface area contributed by atoms with Crippen molar-refractivity contribution in [2.75, 3.05) is 12.4 Å². The van der Waals surface area contributed by atoms with E-state index >= 15 is 0 Å². The molecule has 0 bridgehead atoms. The highest BCUT2D eigenvalue weighted by Crippen LogP contribution is 2.04. The molecule has 7 heteroatoms. The summed E-state index contributed by atoms with van der Waals surface area (Å²) in [7, 11) is 3.40. The number of rotatable bonds is 2. The van der Waals surface area contributed by atoms with E-state index in [2.05, 4.69) is 25.3 Å². The van der Waals surface area contributed by atoms with Gasteiger partial charge in [0.25, 0.3) is 5.56 Å².